The zero-order chi connectivity index (χ0) is 22.4. The number of nitrogens with zero attached hydrogens (tertiary/aromatic N) is 1. The number of carbonyl (C=O) groups excluding carboxylic acids is 1. The predicted molar refractivity (Wildman–Crippen MR) is 117 cm³/mol. The Labute approximate surface area is 179 Å². The third kappa shape index (κ3) is 5.57. The Balaban J connectivity index is 1.68. The molecule has 0 fully saturated rings. The van der Waals surface area contributed by atoms with E-state index >= 15 is 0 Å². The summed E-state index contributed by atoms with van der Waals surface area (Å²) in [5.74, 6) is -0.568. The van der Waals surface area contributed by atoms with Crippen molar-refractivity contribution in [3.05, 3.63) is 93.8 Å². The maximum absolute atomic E-state index is 13.8. The van der Waals surface area contributed by atoms with Crippen LogP contribution < -0.4 is 15.4 Å². The van der Waals surface area contributed by atoms with Crippen LogP contribution in [0.1, 0.15) is 24.1 Å². The molecule has 0 bridgehead atoms. The maximum Gasteiger partial charge on any atom is 0.311 e. The van der Waals surface area contributed by atoms with E-state index in [9.17, 15) is 19.3 Å². The molecule has 0 aliphatic carbocycles. The van der Waals surface area contributed by atoms with Gasteiger partial charge in [-0.05, 0) is 42.3 Å². The van der Waals surface area contributed by atoms with Crippen LogP contribution in [-0.2, 0) is 11.2 Å². The quantitative estimate of drug-likeness (QED) is 0.389. The molecule has 0 radical (unpaired) electrons. The Kier molecular flexibility index (Phi) is 6.81. The monoisotopic (exact) mass is 423 g/mol. The fraction of sp³-hybridized carbons (Fsp3) is 0.174. The van der Waals surface area contributed by atoms with Gasteiger partial charge in [-0.25, -0.2) is 4.39 Å². The Hall–Kier alpha value is -3.94. The van der Waals surface area contributed by atoms with E-state index in [1.807, 2.05) is 25.1 Å². The zero-order valence-corrected chi connectivity index (χ0v) is 17.1. The van der Waals surface area contributed by atoms with Crippen LogP contribution in [0.15, 0.2) is 66.7 Å². The fourth-order valence-electron chi connectivity index (χ4n) is 3.16. The van der Waals surface area contributed by atoms with E-state index in [4.69, 9.17) is 4.74 Å². The lowest BCUT2D eigenvalue weighted by Gasteiger charge is -2.17. The summed E-state index contributed by atoms with van der Waals surface area (Å²) in [5, 5.41) is 17.1. The van der Waals surface area contributed by atoms with Crippen molar-refractivity contribution >= 4 is 23.0 Å². The summed E-state index contributed by atoms with van der Waals surface area (Å²) >= 11 is 0. The summed E-state index contributed by atoms with van der Waals surface area (Å²) in [4.78, 5) is 22.8. The standard InChI is InChI=1S/C23H22FN3O4/c1-15(25-19-10-11-21(27(29)30)22(14-19)31-2)16-7-5-8-18(12-16)26-23(28)13-17-6-3-4-9-20(17)24/h3-12,14-15,25H,13H2,1-2H3,(H,26,28). The number of rotatable bonds is 8. The minimum Gasteiger partial charge on any atom is -0.490 e. The molecular formula is C23H22FN3O4. The van der Waals surface area contributed by atoms with Crippen molar-refractivity contribution in [1.29, 1.82) is 0 Å². The number of hydrogen-bond donors (Lipinski definition) is 2. The number of ether oxygens (including phenoxy) is 1. The van der Waals surface area contributed by atoms with E-state index in [2.05, 4.69) is 10.6 Å². The maximum atomic E-state index is 13.8. The highest BCUT2D eigenvalue weighted by atomic mass is 19.1. The minimum absolute atomic E-state index is 0.0622. The van der Waals surface area contributed by atoms with Crippen molar-refractivity contribution in [3.8, 4) is 5.75 Å². The summed E-state index contributed by atoms with van der Waals surface area (Å²) in [6.07, 6.45) is -0.0622. The molecule has 0 heterocycles. The molecule has 3 aromatic carbocycles. The molecule has 1 atom stereocenters. The summed E-state index contributed by atoms with van der Waals surface area (Å²) in [6.45, 7) is 1.92. The average molecular weight is 423 g/mol. The topological polar surface area (TPSA) is 93.5 Å². The molecule has 0 saturated carbocycles. The van der Waals surface area contributed by atoms with Gasteiger partial charge in [-0.3, -0.25) is 14.9 Å². The molecule has 31 heavy (non-hydrogen) atoms. The third-order valence-corrected chi connectivity index (χ3v) is 4.74. The van der Waals surface area contributed by atoms with Gasteiger partial charge in [-0.1, -0.05) is 30.3 Å². The number of anilines is 2. The molecule has 0 saturated heterocycles. The summed E-state index contributed by atoms with van der Waals surface area (Å²) in [7, 11) is 1.38. The van der Waals surface area contributed by atoms with Crippen molar-refractivity contribution in [3.63, 3.8) is 0 Å². The van der Waals surface area contributed by atoms with Gasteiger partial charge in [0.05, 0.1) is 18.5 Å². The molecule has 8 heteroatoms. The molecule has 0 aliphatic heterocycles. The average Bonchev–Trinajstić information content (AvgIpc) is 2.75. The molecular weight excluding hydrogens is 401 g/mol. The lowest BCUT2D eigenvalue weighted by atomic mass is 10.1. The van der Waals surface area contributed by atoms with Gasteiger partial charge in [0.15, 0.2) is 5.75 Å². The zero-order valence-electron chi connectivity index (χ0n) is 17.1. The lowest BCUT2D eigenvalue weighted by Crippen LogP contribution is -2.15. The second-order valence-electron chi connectivity index (χ2n) is 6.95. The van der Waals surface area contributed by atoms with Gasteiger partial charge in [0.2, 0.25) is 5.91 Å². The molecule has 0 aliphatic rings. The lowest BCUT2D eigenvalue weighted by molar-refractivity contribution is -0.385. The van der Waals surface area contributed by atoms with Gasteiger partial charge < -0.3 is 15.4 Å². The number of amides is 1. The second kappa shape index (κ2) is 9.71. The number of nitro benzene ring substituents is 1. The molecule has 1 unspecified atom stereocenters. The first-order valence-electron chi connectivity index (χ1n) is 9.59. The first-order valence-corrected chi connectivity index (χ1v) is 9.59. The Morgan fingerprint density at radius 3 is 2.58 bits per heavy atom. The third-order valence-electron chi connectivity index (χ3n) is 4.74. The van der Waals surface area contributed by atoms with Crippen LogP contribution in [0.5, 0.6) is 5.75 Å². The van der Waals surface area contributed by atoms with Crippen LogP contribution in [-0.4, -0.2) is 17.9 Å². The van der Waals surface area contributed by atoms with E-state index in [0.29, 0.717) is 16.9 Å². The molecule has 0 spiro atoms. The number of halogens is 1. The first kappa shape index (κ1) is 21.8. The van der Waals surface area contributed by atoms with Crippen LogP contribution in [0, 0.1) is 15.9 Å². The minimum atomic E-state index is -0.500. The van der Waals surface area contributed by atoms with Gasteiger partial charge in [0, 0.05) is 29.5 Å². The van der Waals surface area contributed by atoms with E-state index in [0.717, 1.165) is 5.56 Å². The number of benzene rings is 3. The number of hydrogen-bond acceptors (Lipinski definition) is 5. The summed E-state index contributed by atoms with van der Waals surface area (Å²) in [6, 6.07) is 17.8. The first-order chi connectivity index (χ1) is 14.9. The van der Waals surface area contributed by atoms with Gasteiger partial charge in [-0.15, -0.1) is 0 Å². The van der Waals surface area contributed by atoms with E-state index in [-0.39, 0.29) is 29.8 Å². The van der Waals surface area contributed by atoms with Crippen molar-refractivity contribution < 1.29 is 18.8 Å². The van der Waals surface area contributed by atoms with Crippen LogP contribution in [0.25, 0.3) is 0 Å². The molecule has 1 amide bonds. The van der Waals surface area contributed by atoms with E-state index in [1.165, 1.54) is 19.2 Å². The highest BCUT2D eigenvalue weighted by Gasteiger charge is 2.16. The molecule has 3 rings (SSSR count). The number of methoxy groups -OCH3 is 1. The van der Waals surface area contributed by atoms with Crippen LogP contribution in [0.2, 0.25) is 0 Å². The molecule has 3 aromatic rings. The normalized spacial score (nSPS) is 11.5. The highest BCUT2D eigenvalue weighted by Crippen LogP contribution is 2.31. The molecule has 7 nitrogen and oxygen atoms in total. The Morgan fingerprint density at radius 2 is 1.87 bits per heavy atom. The largest absolute Gasteiger partial charge is 0.490 e. The van der Waals surface area contributed by atoms with Crippen molar-refractivity contribution in [2.75, 3.05) is 17.7 Å². The smallest absolute Gasteiger partial charge is 0.311 e. The Morgan fingerprint density at radius 1 is 1.10 bits per heavy atom. The van der Waals surface area contributed by atoms with Gasteiger partial charge in [-0.2, -0.15) is 0 Å². The van der Waals surface area contributed by atoms with E-state index in [1.54, 1.807) is 36.4 Å². The Bertz CT molecular complexity index is 1100. The summed E-state index contributed by atoms with van der Waals surface area (Å²) < 4.78 is 18.9. The van der Waals surface area contributed by atoms with Crippen molar-refractivity contribution in [2.24, 2.45) is 0 Å². The van der Waals surface area contributed by atoms with Crippen LogP contribution >= 0.6 is 0 Å². The van der Waals surface area contributed by atoms with Gasteiger partial charge in [0.1, 0.15) is 5.82 Å². The summed E-state index contributed by atoms with van der Waals surface area (Å²) in [5.41, 5.74) is 2.36. The fourth-order valence-corrected chi connectivity index (χ4v) is 3.16. The van der Waals surface area contributed by atoms with Gasteiger partial charge in [0.25, 0.3) is 0 Å². The number of nitro groups is 1. The molecule has 2 N–H and O–H groups in total. The van der Waals surface area contributed by atoms with Crippen molar-refractivity contribution in [1.82, 2.24) is 0 Å². The predicted octanol–water partition coefficient (Wildman–Crippen LogP) is 5.10. The van der Waals surface area contributed by atoms with Crippen LogP contribution in [0.3, 0.4) is 0 Å². The van der Waals surface area contributed by atoms with Crippen LogP contribution in [0.4, 0.5) is 21.5 Å². The van der Waals surface area contributed by atoms with E-state index < -0.39 is 10.7 Å². The number of carbonyl (C=O) groups is 1. The highest BCUT2D eigenvalue weighted by molar-refractivity contribution is 5.92. The molecule has 0 aromatic heterocycles. The van der Waals surface area contributed by atoms with Crippen molar-refractivity contribution in [2.45, 2.75) is 19.4 Å². The SMILES string of the molecule is COc1cc(NC(C)c2cccc(NC(=O)Cc3ccccc3F)c2)ccc1[N+](=O)[O-]. The second-order valence-corrected chi connectivity index (χ2v) is 6.95. The van der Waals surface area contributed by atoms with Gasteiger partial charge >= 0.3 is 5.69 Å². The number of nitrogens with one attached hydrogen (secondary N) is 2. The molecule has 160 valence electrons.